The van der Waals surface area contributed by atoms with Crippen molar-refractivity contribution >= 4 is 33.8 Å². The molecule has 2 aromatic rings. The summed E-state index contributed by atoms with van der Waals surface area (Å²) >= 11 is 1.15. The molecule has 100 valence electrons. The molecular weight excluding hydrogens is 274 g/mol. The number of rotatable bonds is 2. The van der Waals surface area contributed by atoms with Crippen molar-refractivity contribution in [3.05, 3.63) is 51.9 Å². The average molecular weight is 285 g/mol. The number of benzene rings is 1. The Kier molecular flexibility index (Phi) is 2.99. The van der Waals surface area contributed by atoms with Gasteiger partial charge in [-0.25, -0.2) is 0 Å². The van der Waals surface area contributed by atoms with Crippen LogP contribution < -0.4 is 5.32 Å². The minimum Gasteiger partial charge on any atom is -0.318 e. The molecule has 0 bridgehead atoms. The van der Waals surface area contributed by atoms with E-state index in [-0.39, 0.29) is 17.5 Å². The molecule has 3 rings (SSSR count). The fraction of sp³-hybridized carbons (Fsp3) is 0.133. The lowest BCUT2D eigenvalue weighted by Gasteiger charge is -2.12. The van der Waals surface area contributed by atoms with Gasteiger partial charge in [-0.15, -0.1) is 11.3 Å². The molecule has 4 nitrogen and oxygen atoms in total. The van der Waals surface area contributed by atoms with E-state index in [9.17, 15) is 14.4 Å². The fourth-order valence-corrected chi connectivity index (χ4v) is 3.19. The maximum atomic E-state index is 12.4. The van der Waals surface area contributed by atoms with E-state index in [2.05, 4.69) is 5.32 Å². The smallest absolute Gasteiger partial charge is 0.224 e. The Hall–Kier alpha value is -2.27. The first-order valence-electron chi connectivity index (χ1n) is 6.24. The molecule has 1 N–H and O–H groups in total. The Morgan fingerprint density at radius 3 is 2.40 bits per heavy atom. The number of hydrogen-bond donors (Lipinski definition) is 1. The van der Waals surface area contributed by atoms with Crippen molar-refractivity contribution in [2.45, 2.75) is 13.3 Å². The Morgan fingerprint density at radius 1 is 1.10 bits per heavy atom. The van der Waals surface area contributed by atoms with Gasteiger partial charge in [0.1, 0.15) is 0 Å². The molecule has 0 spiro atoms. The molecule has 1 aliphatic carbocycles. The Balaban J connectivity index is 2.07. The molecule has 1 amide bonds. The lowest BCUT2D eigenvalue weighted by atomic mass is 9.89. The molecule has 0 unspecified atom stereocenters. The third kappa shape index (κ3) is 1.87. The lowest BCUT2D eigenvalue weighted by Crippen LogP contribution is -2.18. The highest BCUT2D eigenvalue weighted by atomic mass is 32.1. The van der Waals surface area contributed by atoms with Crippen molar-refractivity contribution < 1.29 is 14.4 Å². The van der Waals surface area contributed by atoms with E-state index < -0.39 is 0 Å². The fourth-order valence-electron chi connectivity index (χ4n) is 2.16. The third-order valence-electron chi connectivity index (χ3n) is 3.18. The topological polar surface area (TPSA) is 63.2 Å². The molecule has 0 atom stereocenters. The number of hydrogen-bond acceptors (Lipinski definition) is 4. The molecule has 0 saturated heterocycles. The minimum atomic E-state index is -0.163. The van der Waals surface area contributed by atoms with Crippen LogP contribution in [0.1, 0.15) is 44.5 Å². The van der Waals surface area contributed by atoms with Gasteiger partial charge >= 0.3 is 0 Å². The maximum absolute atomic E-state index is 12.4. The van der Waals surface area contributed by atoms with E-state index in [1.165, 1.54) is 0 Å². The highest BCUT2D eigenvalue weighted by Crippen LogP contribution is 2.35. The van der Waals surface area contributed by atoms with E-state index >= 15 is 0 Å². The molecule has 0 saturated carbocycles. The van der Waals surface area contributed by atoms with E-state index in [1.807, 2.05) is 0 Å². The first kappa shape index (κ1) is 12.7. The monoisotopic (exact) mass is 285 g/mol. The van der Waals surface area contributed by atoms with Crippen LogP contribution >= 0.6 is 11.3 Å². The van der Waals surface area contributed by atoms with Crippen LogP contribution in [-0.2, 0) is 4.79 Å². The van der Waals surface area contributed by atoms with Crippen molar-refractivity contribution in [1.29, 1.82) is 0 Å². The number of carbonyl (C=O) groups excluding carboxylic acids is 3. The molecular formula is C15H11NO3S. The van der Waals surface area contributed by atoms with Crippen molar-refractivity contribution in [3.8, 4) is 0 Å². The van der Waals surface area contributed by atoms with E-state index in [4.69, 9.17) is 0 Å². The maximum Gasteiger partial charge on any atom is 0.224 e. The molecule has 5 heteroatoms. The number of anilines is 1. The van der Waals surface area contributed by atoms with Gasteiger partial charge in [0.15, 0.2) is 5.78 Å². The van der Waals surface area contributed by atoms with E-state index in [0.717, 1.165) is 11.3 Å². The van der Waals surface area contributed by atoms with Crippen LogP contribution in [0.3, 0.4) is 0 Å². The van der Waals surface area contributed by atoms with Crippen LogP contribution in [0, 0.1) is 0 Å². The van der Waals surface area contributed by atoms with Gasteiger partial charge in [-0.2, -0.15) is 0 Å². The zero-order chi connectivity index (χ0) is 14.3. The van der Waals surface area contributed by atoms with Crippen molar-refractivity contribution in [1.82, 2.24) is 0 Å². The normalized spacial score (nSPS) is 12.8. The largest absolute Gasteiger partial charge is 0.318 e. The van der Waals surface area contributed by atoms with Gasteiger partial charge in [-0.3, -0.25) is 14.4 Å². The summed E-state index contributed by atoms with van der Waals surface area (Å²) in [5.41, 5.74) is 1.24. The Labute approximate surface area is 119 Å². The van der Waals surface area contributed by atoms with Crippen LogP contribution in [0.25, 0.3) is 0 Å². The summed E-state index contributed by atoms with van der Waals surface area (Å²) < 4.78 is 0. The summed E-state index contributed by atoms with van der Waals surface area (Å²) in [6, 6.07) is 8.37. The van der Waals surface area contributed by atoms with Gasteiger partial charge in [0.05, 0.1) is 9.88 Å². The molecule has 0 fully saturated rings. The van der Waals surface area contributed by atoms with Crippen LogP contribution in [0.4, 0.5) is 5.00 Å². The van der Waals surface area contributed by atoms with Crippen molar-refractivity contribution in [3.63, 3.8) is 0 Å². The van der Waals surface area contributed by atoms with E-state index in [1.54, 1.807) is 37.3 Å². The summed E-state index contributed by atoms with van der Waals surface area (Å²) in [4.78, 5) is 36.5. The predicted octanol–water partition coefficient (Wildman–Crippen LogP) is 2.87. The van der Waals surface area contributed by atoms with Gasteiger partial charge in [0.2, 0.25) is 11.7 Å². The van der Waals surface area contributed by atoms with Crippen LogP contribution in [0.5, 0.6) is 0 Å². The summed E-state index contributed by atoms with van der Waals surface area (Å²) in [5.74, 6) is -0.457. The highest BCUT2D eigenvalue weighted by molar-refractivity contribution is 7.18. The van der Waals surface area contributed by atoms with Gasteiger partial charge in [-0.05, 0) is 6.07 Å². The second-order valence-electron chi connectivity index (χ2n) is 4.46. The lowest BCUT2D eigenvalue weighted by molar-refractivity contribution is -0.115. The number of carbonyl (C=O) groups is 3. The summed E-state index contributed by atoms with van der Waals surface area (Å²) in [6.07, 6.45) is 0.352. The quantitative estimate of drug-likeness (QED) is 0.787. The summed E-state index contributed by atoms with van der Waals surface area (Å²) in [7, 11) is 0. The number of amides is 1. The molecule has 1 aromatic heterocycles. The number of ketones is 2. The van der Waals surface area contributed by atoms with Crippen molar-refractivity contribution in [2.24, 2.45) is 0 Å². The number of thiophene rings is 1. The molecule has 20 heavy (non-hydrogen) atoms. The van der Waals surface area contributed by atoms with E-state index in [0.29, 0.717) is 33.0 Å². The minimum absolute atomic E-state index is 0.138. The highest BCUT2D eigenvalue weighted by Gasteiger charge is 2.31. The van der Waals surface area contributed by atoms with Gasteiger partial charge < -0.3 is 5.32 Å². The first-order valence-corrected chi connectivity index (χ1v) is 7.05. The Morgan fingerprint density at radius 2 is 1.75 bits per heavy atom. The Bertz CT molecular complexity index is 693. The average Bonchev–Trinajstić information content (AvgIpc) is 2.89. The SMILES string of the molecule is CCC(=O)Nc1cc2c(s1)C(=O)c1ccccc1C2=O. The van der Waals surface area contributed by atoms with Gasteiger partial charge in [0, 0.05) is 23.1 Å². The molecule has 0 aliphatic heterocycles. The van der Waals surface area contributed by atoms with Crippen LogP contribution in [0.2, 0.25) is 0 Å². The number of fused-ring (bicyclic) bond motifs is 2. The van der Waals surface area contributed by atoms with Crippen LogP contribution in [-0.4, -0.2) is 17.5 Å². The molecule has 1 aromatic carbocycles. The van der Waals surface area contributed by atoms with Crippen LogP contribution in [0.15, 0.2) is 30.3 Å². The summed E-state index contributed by atoms with van der Waals surface area (Å²) in [5, 5.41) is 3.23. The predicted molar refractivity (Wildman–Crippen MR) is 76.5 cm³/mol. The van der Waals surface area contributed by atoms with Crippen molar-refractivity contribution in [2.75, 3.05) is 5.32 Å². The standard InChI is InChI=1S/C15H11NO3S/c1-2-11(17)16-12-7-10-13(18)8-5-3-4-6-9(8)14(19)15(10)20-12/h3-7H,2H2,1H3,(H,16,17). The molecule has 0 radical (unpaired) electrons. The summed E-state index contributed by atoms with van der Waals surface area (Å²) in [6.45, 7) is 1.75. The molecule has 1 heterocycles. The van der Waals surface area contributed by atoms with Gasteiger partial charge in [-0.1, -0.05) is 31.2 Å². The third-order valence-corrected chi connectivity index (χ3v) is 4.23. The molecule has 1 aliphatic rings. The second kappa shape index (κ2) is 4.68. The zero-order valence-corrected chi connectivity index (χ0v) is 11.5. The first-order chi connectivity index (χ1) is 9.61. The second-order valence-corrected chi connectivity index (χ2v) is 5.51. The van der Waals surface area contributed by atoms with Gasteiger partial charge in [0.25, 0.3) is 0 Å². The number of nitrogens with one attached hydrogen (secondary N) is 1. The zero-order valence-electron chi connectivity index (χ0n) is 10.7.